The lowest BCUT2D eigenvalue weighted by Gasteiger charge is -2.10. The summed E-state index contributed by atoms with van der Waals surface area (Å²) in [5, 5.41) is 4.68. The molecule has 0 aliphatic carbocycles. The van der Waals surface area contributed by atoms with Gasteiger partial charge in [-0.15, -0.1) is 0 Å². The lowest BCUT2D eigenvalue weighted by Crippen LogP contribution is -2.03. The largest absolute Gasteiger partial charge is 0.493 e. The van der Waals surface area contributed by atoms with Gasteiger partial charge in [0.05, 0.1) is 23.4 Å². The van der Waals surface area contributed by atoms with Crippen LogP contribution in [0.1, 0.15) is 5.56 Å². The second-order valence-electron chi connectivity index (χ2n) is 4.14. The molecule has 1 aromatic carbocycles. The normalized spacial score (nSPS) is 11.0. The second kappa shape index (κ2) is 7.94. The molecule has 1 N–H and O–H groups in total. The first kappa shape index (κ1) is 17.2. The van der Waals surface area contributed by atoms with Crippen LogP contribution in [0.2, 0.25) is 10.0 Å². The van der Waals surface area contributed by atoms with Gasteiger partial charge in [0.15, 0.2) is 17.3 Å². The number of hydrogen-bond donors (Lipinski definition) is 1. The van der Waals surface area contributed by atoms with E-state index in [1.54, 1.807) is 6.07 Å². The summed E-state index contributed by atoms with van der Waals surface area (Å²) in [6.07, 6.45) is 2.87. The van der Waals surface area contributed by atoms with E-state index >= 15 is 0 Å². The van der Waals surface area contributed by atoms with Crippen molar-refractivity contribution < 1.29 is 18.3 Å². The molecule has 0 fully saturated rings. The first-order valence-electron chi connectivity index (χ1n) is 6.22. The molecule has 0 atom stereocenters. The molecule has 0 aliphatic heterocycles. The van der Waals surface area contributed by atoms with Crippen LogP contribution in [0.25, 0.3) is 0 Å². The average Bonchev–Trinajstić information content (AvgIpc) is 2.50. The van der Waals surface area contributed by atoms with Gasteiger partial charge in [0.1, 0.15) is 0 Å². The molecule has 0 amide bonds. The summed E-state index contributed by atoms with van der Waals surface area (Å²) in [7, 11) is 1.35. The van der Waals surface area contributed by atoms with Crippen LogP contribution in [0.5, 0.6) is 11.5 Å². The Hall–Kier alpha value is -2.12. The number of rotatable bonds is 6. The molecule has 0 bridgehead atoms. The van der Waals surface area contributed by atoms with Gasteiger partial charge in [-0.2, -0.15) is 13.9 Å². The Morgan fingerprint density at radius 3 is 2.70 bits per heavy atom. The number of ether oxygens (including phenoxy) is 2. The van der Waals surface area contributed by atoms with Crippen molar-refractivity contribution in [2.45, 2.75) is 6.61 Å². The van der Waals surface area contributed by atoms with Crippen LogP contribution in [0.15, 0.2) is 35.6 Å². The maximum Gasteiger partial charge on any atom is 0.387 e. The third kappa shape index (κ3) is 4.94. The quantitative estimate of drug-likeness (QED) is 0.610. The van der Waals surface area contributed by atoms with E-state index in [4.69, 9.17) is 27.9 Å². The van der Waals surface area contributed by atoms with Crippen molar-refractivity contribution in [3.63, 3.8) is 0 Å². The molecule has 0 saturated carbocycles. The Morgan fingerprint density at radius 1 is 1.26 bits per heavy atom. The molecule has 0 aliphatic rings. The standard InChI is InChI=1S/C14H11Cl2F2N3O2/c1-22-12-4-8(2-3-11(12)23-14(17)18)6-20-21-13-10(16)5-9(15)7-19-13/h2-7,14H,1H3,(H,19,21)/b20-6+. The first-order chi connectivity index (χ1) is 11.0. The molecule has 5 nitrogen and oxygen atoms in total. The van der Waals surface area contributed by atoms with Crippen molar-refractivity contribution in [1.82, 2.24) is 4.98 Å². The topological polar surface area (TPSA) is 55.7 Å². The molecule has 23 heavy (non-hydrogen) atoms. The van der Waals surface area contributed by atoms with Crippen molar-refractivity contribution >= 4 is 35.2 Å². The van der Waals surface area contributed by atoms with Crippen LogP contribution < -0.4 is 14.9 Å². The molecule has 1 heterocycles. The summed E-state index contributed by atoms with van der Waals surface area (Å²) >= 11 is 11.7. The second-order valence-corrected chi connectivity index (χ2v) is 4.99. The zero-order chi connectivity index (χ0) is 16.8. The minimum Gasteiger partial charge on any atom is -0.493 e. The van der Waals surface area contributed by atoms with Crippen molar-refractivity contribution in [3.8, 4) is 11.5 Å². The molecular weight excluding hydrogens is 351 g/mol. The number of nitrogens with zero attached hydrogens (tertiary/aromatic N) is 2. The van der Waals surface area contributed by atoms with Gasteiger partial charge in [-0.3, -0.25) is 5.43 Å². The van der Waals surface area contributed by atoms with E-state index in [1.807, 2.05) is 0 Å². The number of methoxy groups -OCH3 is 1. The van der Waals surface area contributed by atoms with Crippen LogP contribution >= 0.6 is 23.2 Å². The number of aromatic nitrogens is 1. The smallest absolute Gasteiger partial charge is 0.387 e. The summed E-state index contributed by atoms with van der Waals surface area (Å²) in [6.45, 7) is -2.93. The Labute approximate surface area is 140 Å². The summed E-state index contributed by atoms with van der Waals surface area (Å²) < 4.78 is 33.8. The van der Waals surface area contributed by atoms with Crippen molar-refractivity contribution in [2.75, 3.05) is 12.5 Å². The van der Waals surface area contributed by atoms with E-state index < -0.39 is 6.61 Å². The fourth-order valence-electron chi connectivity index (χ4n) is 1.62. The highest BCUT2D eigenvalue weighted by Gasteiger charge is 2.10. The highest BCUT2D eigenvalue weighted by molar-refractivity contribution is 6.35. The van der Waals surface area contributed by atoms with Gasteiger partial charge in [-0.1, -0.05) is 23.2 Å². The molecule has 2 aromatic rings. The summed E-state index contributed by atoms with van der Waals surface area (Å²) in [4.78, 5) is 3.97. The molecule has 1 aromatic heterocycles. The zero-order valence-corrected chi connectivity index (χ0v) is 13.3. The van der Waals surface area contributed by atoms with E-state index in [0.29, 0.717) is 21.4 Å². The van der Waals surface area contributed by atoms with Crippen LogP contribution in [-0.2, 0) is 0 Å². The number of hydrazone groups is 1. The molecule has 0 spiro atoms. The van der Waals surface area contributed by atoms with Gasteiger partial charge in [0.25, 0.3) is 0 Å². The Kier molecular flexibility index (Phi) is 5.95. The molecule has 0 saturated heterocycles. The highest BCUT2D eigenvalue weighted by Crippen LogP contribution is 2.29. The maximum atomic E-state index is 12.3. The SMILES string of the molecule is COc1cc(/C=N/Nc2ncc(Cl)cc2Cl)ccc1OC(F)F. The number of pyridine rings is 1. The number of halogens is 4. The fourth-order valence-corrected chi connectivity index (χ4v) is 2.04. The highest BCUT2D eigenvalue weighted by atomic mass is 35.5. The van der Waals surface area contributed by atoms with Gasteiger partial charge in [-0.05, 0) is 29.8 Å². The molecule has 0 radical (unpaired) electrons. The van der Waals surface area contributed by atoms with E-state index in [0.717, 1.165) is 0 Å². The van der Waals surface area contributed by atoms with Gasteiger partial charge in [0, 0.05) is 6.20 Å². The Morgan fingerprint density at radius 2 is 2.04 bits per heavy atom. The fraction of sp³-hybridized carbons (Fsp3) is 0.143. The first-order valence-corrected chi connectivity index (χ1v) is 6.98. The average molecular weight is 362 g/mol. The third-order valence-electron chi connectivity index (χ3n) is 2.60. The molecule has 122 valence electrons. The zero-order valence-electron chi connectivity index (χ0n) is 11.8. The number of alkyl halides is 2. The van der Waals surface area contributed by atoms with Crippen molar-refractivity contribution in [2.24, 2.45) is 5.10 Å². The Balaban J connectivity index is 2.10. The minimum absolute atomic E-state index is 0.0602. The van der Waals surface area contributed by atoms with Crippen LogP contribution in [-0.4, -0.2) is 24.9 Å². The number of nitrogens with one attached hydrogen (secondary N) is 1. The van der Waals surface area contributed by atoms with Gasteiger partial charge in [-0.25, -0.2) is 4.98 Å². The third-order valence-corrected chi connectivity index (χ3v) is 3.09. The predicted molar refractivity (Wildman–Crippen MR) is 85.1 cm³/mol. The van der Waals surface area contributed by atoms with Gasteiger partial charge >= 0.3 is 6.61 Å². The van der Waals surface area contributed by atoms with Crippen molar-refractivity contribution in [3.05, 3.63) is 46.1 Å². The van der Waals surface area contributed by atoms with E-state index in [2.05, 4.69) is 20.2 Å². The summed E-state index contributed by atoms with van der Waals surface area (Å²) in [6, 6.07) is 5.93. The van der Waals surface area contributed by atoms with E-state index in [9.17, 15) is 8.78 Å². The lowest BCUT2D eigenvalue weighted by atomic mass is 10.2. The molecule has 0 unspecified atom stereocenters. The Bertz CT molecular complexity index is 714. The number of anilines is 1. The summed E-state index contributed by atoms with van der Waals surface area (Å²) in [5.74, 6) is 0.434. The van der Waals surface area contributed by atoms with Crippen LogP contribution in [0.3, 0.4) is 0 Å². The molecule has 9 heteroatoms. The minimum atomic E-state index is -2.93. The molecular formula is C14H11Cl2F2N3O2. The van der Waals surface area contributed by atoms with Crippen LogP contribution in [0.4, 0.5) is 14.6 Å². The van der Waals surface area contributed by atoms with Crippen LogP contribution in [0, 0.1) is 0 Å². The predicted octanol–water partition coefficient (Wildman–Crippen LogP) is 4.44. The maximum absolute atomic E-state index is 12.3. The number of hydrogen-bond acceptors (Lipinski definition) is 5. The summed E-state index contributed by atoms with van der Waals surface area (Å²) in [5.41, 5.74) is 3.25. The lowest BCUT2D eigenvalue weighted by molar-refractivity contribution is -0.0512. The monoisotopic (exact) mass is 361 g/mol. The van der Waals surface area contributed by atoms with Gasteiger partial charge < -0.3 is 9.47 Å². The van der Waals surface area contributed by atoms with Crippen molar-refractivity contribution in [1.29, 1.82) is 0 Å². The van der Waals surface area contributed by atoms with E-state index in [1.165, 1.54) is 37.7 Å². The van der Waals surface area contributed by atoms with Gasteiger partial charge in [0.2, 0.25) is 0 Å². The molecule has 2 rings (SSSR count). The van der Waals surface area contributed by atoms with E-state index in [-0.39, 0.29) is 11.5 Å². The number of benzene rings is 1.